The van der Waals surface area contributed by atoms with Crippen molar-refractivity contribution < 1.29 is 0 Å². The van der Waals surface area contributed by atoms with Gasteiger partial charge < -0.3 is 0 Å². The molecule has 3 unspecified atom stereocenters. The van der Waals surface area contributed by atoms with Crippen LogP contribution in [0, 0.1) is 11.8 Å². The lowest BCUT2D eigenvalue weighted by Gasteiger charge is -2.32. The predicted octanol–water partition coefficient (Wildman–Crippen LogP) is 8.24. The second-order valence-corrected chi connectivity index (χ2v) is 8.71. The minimum atomic E-state index is 0.241. The molecule has 29 heavy (non-hydrogen) atoms. The average molecular weight is 404 g/mol. The van der Waals surface area contributed by atoms with E-state index >= 15 is 0 Å². The third-order valence-electron chi connectivity index (χ3n) is 5.53. The van der Waals surface area contributed by atoms with Gasteiger partial charge >= 0.3 is 0 Å². The van der Waals surface area contributed by atoms with Crippen molar-refractivity contribution in [2.24, 2.45) is 16.8 Å². The summed E-state index contributed by atoms with van der Waals surface area (Å²) in [6.07, 6.45) is 12.3. The van der Waals surface area contributed by atoms with Gasteiger partial charge in [0.25, 0.3) is 0 Å². The first kappa shape index (κ1) is 23.0. The van der Waals surface area contributed by atoms with Crippen molar-refractivity contribution in [1.29, 1.82) is 0 Å². The van der Waals surface area contributed by atoms with Crippen molar-refractivity contribution in [3.05, 3.63) is 106 Å². The van der Waals surface area contributed by atoms with Crippen LogP contribution in [0.3, 0.4) is 0 Å². The van der Waals surface area contributed by atoms with Crippen LogP contribution < -0.4 is 0 Å². The molecular formula is C27H33NS. The highest BCUT2D eigenvalue weighted by atomic mass is 32.2. The van der Waals surface area contributed by atoms with E-state index in [-0.39, 0.29) is 5.92 Å². The van der Waals surface area contributed by atoms with Crippen LogP contribution in [0.2, 0.25) is 0 Å². The van der Waals surface area contributed by atoms with Gasteiger partial charge in [-0.3, -0.25) is 4.99 Å². The number of aliphatic imine (C=N–C) groups is 1. The molecule has 0 fully saturated rings. The summed E-state index contributed by atoms with van der Waals surface area (Å²) < 4.78 is 0. The van der Waals surface area contributed by atoms with Crippen LogP contribution in [0.1, 0.15) is 46.1 Å². The lowest BCUT2D eigenvalue weighted by Crippen LogP contribution is -2.20. The van der Waals surface area contributed by atoms with Gasteiger partial charge in [0.1, 0.15) is 0 Å². The smallest absolute Gasteiger partial charge is 0.0658 e. The van der Waals surface area contributed by atoms with Crippen molar-refractivity contribution >= 4 is 18.0 Å². The number of nitrogens with zero attached hydrogens (tertiary/aromatic N) is 1. The van der Waals surface area contributed by atoms with E-state index in [1.807, 2.05) is 25.3 Å². The number of thioether (sulfide) groups is 1. The summed E-state index contributed by atoms with van der Waals surface area (Å²) in [6.45, 7) is 18.9. The van der Waals surface area contributed by atoms with Crippen LogP contribution in [-0.4, -0.2) is 6.21 Å². The van der Waals surface area contributed by atoms with Gasteiger partial charge in [-0.05, 0) is 67.2 Å². The summed E-state index contributed by atoms with van der Waals surface area (Å²) in [5, 5.41) is 0. The van der Waals surface area contributed by atoms with Crippen LogP contribution in [0.25, 0.3) is 0 Å². The zero-order valence-corrected chi connectivity index (χ0v) is 19.2. The zero-order chi connectivity index (χ0) is 21.4. The van der Waals surface area contributed by atoms with Gasteiger partial charge in [-0.25, -0.2) is 0 Å². The summed E-state index contributed by atoms with van der Waals surface area (Å²) in [7, 11) is 0. The first-order valence-corrected chi connectivity index (χ1v) is 11.0. The molecule has 1 aliphatic heterocycles. The highest BCUT2D eigenvalue weighted by molar-refractivity contribution is 8.06. The molecular weight excluding hydrogens is 370 g/mol. The van der Waals surface area contributed by atoms with Crippen LogP contribution in [0.15, 0.2) is 106 Å². The summed E-state index contributed by atoms with van der Waals surface area (Å²) >= 11 is 1.79. The maximum Gasteiger partial charge on any atom is 0.0658 e. The van der Waals surface area contributed by atoms with Gasteiger partial charge in [-0.2, -0.15) is 0 Å². The van der Waals surface area contributed by atoms with Crippen LogP contribution in [0.4, 0.5) is 0 Å². The van der Waals surface area contributed by atoms with Gasteiger partial charge in [0.2, 0.25) is 0 Å². The third kappa shape index (κ3) is 5.61. The molecule has 0 bridgehead atoms. The quantitative estimate of drug-likeness (QED) is 0.274. The maximum atomic E-state index is 4.81. The van der Waals surface area contributed by atoms with Crippen LogP contribution in [-0.2, 0) is 0 Å². The number of hydrogen-bond donors (Lipinski definition) is 0. The van der Waals surface area contributed by atoms with E-state index < -0.39 is 0 Å². The second-order valence-electron chi connectivity index (χ2n) is 7.42. The molecule has 1 aromatic carbocycles. The normalized spacial score (nSPS) is 28.4. The molecule has 0 N–H and O–H groups in total. The molecule has 0 aliphatic carbocycles. The maximum absolute atomic E-state index is 4.81. The van der Waals surface area contributed by atoms with Gasteiger partial charge in [0.05, 0.1) is 5.70 Å². The molecule has 0 radical (unpaired) electrons. The van der Waals surface area contributed by atoms with Crippen molar-refractivity contribution in [3.8, 4) is 0 Å². The number of allylic oxidation sites excluding steroid dienone is 8. The Balaban J connectivity index is 2.80. The molecule has 1 nitrogen and oxygen atoms in total. The molecule has 1 aliphatic rings. The van der Waals surface area contributed by atoms with Crippen LogP contribution >= 0.6 is 11.8 Å². The fraction of sp³-hybridized carbons (Fsp3) is 0.296. The predicted molar refractivity (Wildman–Crippen MR) is 132 cm³/mol. The molecule has 0 amide bonds. The van der Waals surface area contributed by atoms with E-state index in [4.69, 9.17) is 4.99 Å². The largest absolute Gasteiger partial charge is 0.261 e. The van der Waals surface area contributed by atoms with E-state index in [1.165, 1.54) is 26.5 Å². The van der Waals surface area contributed by atoms with E-state index in [9.17, 15) is 0 Å². The molecule has 0 saturated heterocycles. The number of rotatable bonds is 5. The Hall–Kier alpha value is -2.32. The Morgan fingerprint density at radius 1 is 1.07 bits per heavy atom. The van der Waals surface area contributed by atoms with E-state index in [0.717, 1.165) is 5.70 Å². The fourth-order valence-corrected chi connectivity index (χ4v) is 4.90. The number of benzene rings is 1. The van der Waals surface area contributed by atoms with Crippen LogP contribution in [0.5, 0.6) is 0 Å². The van der Waals surface area contributed by atoms with Crippen molar-refractivity contribution in [3.63, 3.8) is 0 Å². The minimum absolute atomic E-state index is 0.241. The zero-order valence-electron chi connectivity index (χ0n) is 18.4. The van der Waals surface area contributed by atoms with Gasteiger partial charge in [-0.15, -0.1) is 6.58 Å². The van der Waals surface area contributed by atoms with Gasteiger partial charge in [-0.1, -0.05) is 79.9 Å². The highest BCUT2D eigenvalue weighted by Gasteiger charge is 2.29. The summed E-state index contributed by atoms with van der Waals surface area (Å²) in [4.78, 5) is 7.28. The molecule has 3 atom stereocenters. The first-order chi connectivity index (χ1) is 13.9. The Labute approximate surface area is 181 Å². The van der Waals surface area contributed by atoms with Crippen molar-refractivity contribution in [2.75, 3.05) is 0 Å². The Morgan fingerprint density at radius 2 is 1.76 bits per heavy atom. The summed E-state index contributed by atoms with van der Waals surface area (Å²) in [5.41, 5.74) is 4.92. The lowest BCUT2D eigenvalue weighted by molar-refractivity contribution is 0.460. The van der Waals surface area contributed by atoms with E-state index in [0.29, 0.717) is 11.8 Å². The van der Waals surface area contributed by atoms with Crippen molar-refractivity contribution in [2.45, 2.75) is 40.5 Å². The molecule has 0 spiro atoms. The van der Waals surface area contributed by atoms with Gasteiger partial charge in [0, 0.05) is 17.0 Å². The van der Waals surface area contributed by atoms with Crippen molar-refractivity contribution in [1.82, 2.24) is 0 Å². The van der Waals surface area contributed by atoms with E-state index in [1.54, 1.807) is 11.8 Å². The first-order valence-electron chi connectivity index (χ1n) is 10.2. The molecule has 2 heteroatoms. The topological polar surface area (TPSA) is 12.4 Å². The number of hydrogen-bond acceptors (Lipinski definition) is 2. The average Bonchev–Trinajstić information content (AvgIpc) is 2.73. The summed E-state index contributed by atoms with van der Waals surface area (Å²) in [6, 6.07) is 10.8. The molecule has 1 heterocycles. The Morgan fingerprint density at radius 3 is 2.34 bits per heavy atom. The third-order valence-corrected chi connectivity index (χ3v) is 6.65. The minimum Gasteiger partial charge on any atom is -0.261 e. The fourth-order valence-electron chi connectivity index (χ4n) is 3.93. The second kappa shape index (κ2) is 11.0. The standard InChI is InChI=1S/C27H33NS/c1-8-11-17-25-22(7)27(28-10-3)21(6)20(5)26(24-15-13-12-14-16-24)23(9-2)18-19(4)29-25/h8-18,20,23,26H,1-2H2,3-7H3/b17-11-,19-18+,25-22-,27-21?,28-10+. The molecule has 2 rings (SSSR count). The molecule has 1 aromatic rings. The Kier molecular flexibility index (Phi) is 8.72. The lowest BCUT2D eigenvalue weighted by atomic mass is 9.74. The highest BCUT2D eigenvalue weighted by Crippen LogP contribution is 2.43. The Bertz CT molecular complexity index is 880. The summed E-state index contributed by atoms with van der Waals surface area (Å²) in [5.74, 6) is 0.861. The molecule has 152 valence electrons. The monoisotopic (exact) mass is 403 g/mol. The SMILES string of the molecule is C=C/C=C\C1=C(/C)C(/N=C/C)=C(C)C(C)C(c2ccccc2)C(C=C)/C=C(\C)S1. The van der Waals surface area contributed by atoms with E-state index in [2.05, 4.69) is 89.4 Å². The van der Waals surface area contributed by atoms with Gasteiger partial charge in [0.15, 0.2) is 0 Å². The molecule has 0 saturated carbocycles. The molecule has 0 aromatic heterocycles.